The maximum Gasteiger partial charge on any atom is 0.209 e. The van der Waals surface area contributed by atoms with Gasteiger partial charge in [-0.2, -0.15) is 0 Å². The van der Waals surface area contributed by atoms with E-state index in [2.05, 4.69) is 0 Å². The summed E-state index contributed by atoms with van der Waals surface area (Å²) >= 11 is 6.06. The van der Waals surface area contributed by atoms with Crippen molar-refractivity contribution in [3.8, 4) is 5.75 Å². The number of rotatable bonds is 6. The molecule has 0 amide bonds. The van der Waals surface area contributed by atoms with E-state index in [-0.39, 0.29) is 24.2 Å². The van der Waals surface area contributed by atoms with Crippen LogP contribution in [0, 0.1) is 18.8 Å². The minimum absolute atomic E-state index is 0.0891. The Morgan fingerprint density at radius 1 is 1.37 bits per heavy atom. The molecule has 0 heterocycles. The van der Waals surface area contributed by atoms with E-state index in [9.17, 15) is 8.42 Å². The highest BCUT2D eigenvalue weighted by Gasteiger charge is 2.20. The molecule has 0 aromatic heterocycles. The molecule has 4 nitrogen and oxygen atoms in total. The van der Waals surface area contributed by atoms with Gasteiger partial charge >= 0.3 is 0 Å². The van der Waals surface area contributed by atoms with Gasteiger partial charge < -0.3 is 4.74 Å². The molecule has 0 aliphatic heterocycles. The highest BCUT2D eigenvalue weighted by Crippen LogP contribution is 2.26. The van der Waals surface area contributed by atoms with Crippen LogP contribution < -0.4 is 9.88 Å². The first kappa shape index (κ1) is 16.3. The molecule has 0 bridgehead atoms. The molecule has 1 aromatic carbocycles. The molecule has 0 aliphatic rings. The van der Waals surface area contributed by atoms with Crippen molar-refractivity contribution in [3.05, 3.63) is 28.8 Å². The van der Waals surface area contributed by atoms with E-state index in [4.69, 9.17) is 21.5 Å². The molecule has 1 aromatic rings. The highest BCUT2D eigenvalue weighted by molar-refractivity contribution is 7.89. The summed E-state index contributed by atoms with van der Waals surface area (Å²) in [5.74, 6) is 0.469. The van der Waals surface area contributed by atoms with Gasteiger partial charge in [0.1, 0.15) is 5.75 Å². The molecule has 108 valence electrons. The third kappa shape index (κ3) is 5.80. The molecule has 19 heavy (non-hydrogen) atoms. The fraction of sp³-hybridized carbons (Fsp3) is 0.538. The summed E-state index contributed by atoms with van der Waals surface area (Å²) in [5.41, 5.74) is 1.04. The van der Waals surface area contributed by atoms with E-state index in [1.54, 1.807) is 12.1 Å². The van der Waals surface area contributed by atoms with Gasteiger partial charge in [-0.25, -0.2) is 13.6 Å². The number of hydrogen-bond donors (Lipinski definition) is 1. The lowest BCUT2D eigenvalue weighted by Gasteiger charge is -2.20. The van der Waals surface area contributed by atoms with Crippen molar-refractivity contribution < 1.29 is 13.2 Å². The fourth-order valence-corrected chi connectivity index (χ4v) is 3.02. The molecule has 1 unspecified atom stereocenters. The van der Waals surface area contributed by atoms with Crippen LogP contribution in [-0.2, 0) is 10.0 Å². The lowest BCUT2D eigenvalue weighted by molar-refractivity contribution is 0.225. The third-order valence-electron chi connectivity index (χ3n) is 2.93. The van der Waals surface area contributed by atoms with Crippen LogP contribution in [0.3, 0.4) is 0 Å². The Labute approximate surface area is 120 Å². The second kappa shape index (κ2) is 6.59. The standard InChI is InChI=1S/C13H20ClNO3S/c1-9(2)11(8-19(15,16)17)7-18-13-5-4-10(3)6-12(13)14/h4-6,9,11H,7-8H2,1-3H3,(H2,15,16,17). The molecular weight excluding hydrogens is 286 g/mol. The monoisotopic (exact) mass is 305 g/mol. The maximum atomic E-state index is 11.2. The van der Waals surface area contributed by atoms with Gasteiger partial charge in [-0.15, -0.1) is 0 Å². The smallest absolute Gasteiger partial charge is 0.209 e. The van der Waals surface area contributed by atoms with E-state index in [1.165, 1.54) is 0 Å². The summed E-state index contributed by atoms with van der Waals surface area (Å²) in [6.07, 6.45) is 0. The zero-order valence-electron chi connectivity index (χ0n) is 11.4. The zero-order valence-corrected chi connectivity index (χ0v) is 13.0. The second-order valence-corrected chi connectivity index (χ2v) is 7.14. The summed E-state index contributed by atoms with van der Waals surface area (Å²) in [6.45, 7) is 6.09. The van der Waals surface area contributed by atoms with Gasteiger partial charge in [-0.1, -0.05) is 31.5 Å². The van der Waals surface area contributed by atoms with Crippen LogP contribution in [0.15, 0.2) is 18.2 Å². The molecule has 0 radical (unpaired) electrons. The third-order valence-corrected chi connectivity index (χ3v) is 4.12. The molecule has 2 N–H and O–H groups in total. The normalized spacial score (nSPS) is 13.6. The first-order valence-electron chi connectivity index (χ1n) is 6.08. The van der Waals surface area contributed by atoms with Crippen LogP contribution in [0.2, 0.25) is 5.02 Å². The zero-order chi connectivity index (χ0) is 14.6. The Morgan fingerprint density at radius 2 is 2.00 bits per heavy atom. The summed E-state index contributed by atoms with van der Waals surface area (Å²) in [4.78, 5) is 0. The van der Waals surface area contributed by atoms with Gasteiger partial charge in [-0.05, 0) is 30.5 Å². The number of sulfonamides is 1. The quantitative estimate of drug-likeness (QED) is 0.878. The highest BCUT2D eigenvalue weighted by atomic mass is 35.5. The first-order chi connectivity index (χ1) is 8.69. The summed E-state index contributed by atoms with van der Waals surface area (Å²) < 4.78 is 27.9. The predicted molar refractivity (Wildman–Crippen MR) is 78.0 cm³/mol. The van der Waals surface area contributed by atoms with Crippen molar-refractivity contribution in [1.82, 2.24) is 0 Å². The molecular formula is C13H20ClNO3S. The molecule has 0 fully saturated rings. The molecule has 0 saturated heterocycles. The van der Waals surface area contributed by atoms with E-state index < -0.39 is 10.0 Å². The van der Waals surface area contributed by atoms with Gasteiger partial charge in [0.2, 0.25) is 10.0 Å². The van der Waals surface area contributed by atoms with Crippen molar-refractivity contribution in [2.24, 2.45) is 17.0 Å². The second-order valence-electron chi connectivity index (χ2n) is 5.08. The van der Waals surface area contributed by atoms with Crippen molar-refractivity contribution in [2.75, 3.05) is 12.4 Å². The van der Waals surface area contributed by atoms with Crippen molar-refractivity contribution >= 4 is 21.6 Å². The Hall–Kier alpha value is -0.780. The maximum absolute atomic E-state index is 11.2. The van der Waals surface area contributed by atoms with Gasteiger partial charge in [0.25, 0.3) is 0 Å². The molecule has 1 rings (SSSR count). The van der Waals surface area contributed by atoms with Crippen LogP contribution >= 0.6 is 11.6 Å². The van der Waals surface area contributed by atoms with Crippen LogP contribution in [0.5, 0.6) is 5.75 Å². The van der Waals surface area contributed by atoms with Gasteiger partial charge in [0.05, 0.1) is 17.4 Å². The summed E-state index contributed by atoms with van der Waals surface area (Å²) in [5, 5.41) is 5.61. The number of primary sulfonamides is 1. The Kier molecular flexibility index (Phi) is 5.64. The van der Waals surface area contributed by atoms with Crippen LogP contribution in [-0.4, -0.2) is 20.8 Å². The Bertz CT molecular complexity index is 529. The van der Waals surface area contributed by atoms with Crippen LogP contribution in [0.1, 0.15) is 19.4 Å². The number of benzene rings is 1. The summed E-state index contributed by atoms with van der Waals surface area (Å²) in [7, 11) is -3.50. The number of aryl methyl sites for hydroxylation is 1. The minimum atomic E-state index is -3.50. The van der Waals surface area contributed by atoms with E-state index in [0.717, 1.165) is 5.56 Å². The number of ether oxygens (including phenoxy) is 1. The lowest BCUT2D eigenvalue weighted by Crippen LogP contribution is -2.30. The first-order valence-corrected chi connectivity index (χ1v) is 8.18. The average Bonchev–Trinajstić information content (AvgIpc) is 2.24. The SMILES string of the molecule is Cc1ccc(OCC(CS(N)(=O)=O)C(C)C)c(Cl)c1. The van der Waals surface area contributed by atoms with Gasteiger partial charge in [0, 0.05) is 5.92 Å². The molecule has 0 saturated carbocycles. The van der Waals surface area contributed by atoms with E-state index >= 15 is 0 Å². The number of nitrogens with two attached hydrogens (primary N) is 1. The van der Waals surface area contributed by atoms with E-state index in [0.29, 0.717) is 10.8 Å². The van der Waals surface area contributed by atoms with Crippen LogP contribution in [0.25, 0.3) is 0 Å². The van der Waals surface area contributed by atoms with Crippen molar-refractivity contribution in [1.29, 1.82) is 0 Å². The Morgan fingerprint density at radius 3 is 2.47 bits per heavy atom. The van der Waals surface area contributed by atoms with E-state index in [1.807, 2.05) is 26.8 Å². The summed E-state index contributed by atoms with van der Waals surface area (Å²) in [6, 6.07) is 5.48. The number of hydrogen-bond acceptors (Lipinski definition) is 3. The van der Waals surface area contributed by atoms with Crippen molar-refractivity contribution in [3.63, 3.8) is 0 Å². The largest absolute Gasteiger partial charge is 0.492 e. The molecule has 0 aliphatic carbocycles. The average molecular weight is 306 g/mol. The predicted octanol–water partition coefficient (Wildman–Crippen LogP) is 2.59. The lowest BCUT2D eigenvalue weighted by atomic mass is 9.99. The number of halogens is 1. The van der Waals surface area contributed by atoms with Crippen LogP contribution in [0.4, 0.5) is 0 Å². The van der Waals surface area contributed by atoms with Crippen molar-refractivity contribution in [2.45, 2.75) is 20.8 Å². The topological polar surface area (TPSA) is 69.4 Å². The molecule has 6 heteroatoms. The van der Waals surface area contributed by atoms with Gasteiger partial charge in [0.15, 0.2) is 0 Å². The van der Waals surface area contributed by atoms with Gasteiger partial charge in [-0.3, -0.25) is 0 Å². The molecule has 0 spiro atoms. The minimum Gasteiger partial charge on any atom is -0.492 e. The fourth-order valence-electron chi connectivity index (χ4n) is 1.65. The Balaban J connectivity index is 2.71. The molecule has 1 atom stereocenters.